The van der Waals surface area contributed by atoms with Gasteiger partial charge in [0, 0.05) is 10.0 Å². The van der Waals surface area contributed by atoms with E-state index in [4.69, 9.17) is 0 Å². The largest absolute Gasteiger partial charge is 0.252 e. The number of hydrogen-bond donors (Lipinski definition) is 1. The van der Waals surface area contributed by atoms with Gasteiger partial charge in [-0.15, -0.1) is 0 Å². The molecule has 0 atom stereocenters. The third-order valence-corrected chi connectivity index (χ3v) is 4.51. The maximum absolute atomic E-state index is 4.49. The summed E-state index contributed by atoms with van der Waals surface area (Å²) < 4.78 is 2.19. The van der Waals surface area contributed by atoms with Crippen LogP contribution in [0.15, 0.2) is 58.1 Å². The monoisotopic (exact) mass is 345 g/mol. The number of halogens is 1. The molecule has 1 heterocycles. The summed E-state index contributed by atoms with van der Waals surface area (Å²) in [5.74, 6) is 0. The van der Waals surface area contributed by atoms with Crippen LogP contribution in [0.3, 0.4) is 0 Å². The maximum atomic E-state index is 4.49. The van der Waals surface area contributed by atoms with Gasteiger partial charge < -0.3 is 0 Å². The van der Waals surface area contributed by atoms with Crippen LogP contribution in [0.2, 0.25) is 0 Å². The highest BCUT2D eigenvalue weighted by atomic mass is 79.9. The summed E-state index contributed by atoms with van der Waals surface area (Å²) in [6.07, 6.45) is 0. The van der Waals surface area contributed by atoms with E-state index in [1.165, 1.54) is 0 Å². The Kier molecular flexibility index (Phi) is 3.80. The molecule has 1 aromatic heterocycles. The van der Waals surface area contributed by atoms with Crippen LogP contribution in [-0.4, -0.2) is 10.7 Å². The quantitative estimate of drug-likeness (QED) is 0.541. The number of anilines is 1. The number of hydrazone groups is 1. The van der Waals surface area contributed by atoms with Crippen LogP contribution >= 0.6 is 27.3 Å². The maximum Gasteiger partial charge on any atom is 0.204 e. The molecule has 100 valence electrons. The molecule has 3 aromatic rings. The second-order valence-corrected chi connectivity index (χ2v) is 6.16. The molecule has 0 aliphatic carbocycles. The van der Waals surface area contributed by atoms with E-state index in [9.17, 15) is 0 Å². The lowest BCUT2D eigenvalue weighted by atomic mass is 10.1. The normalized spacial score (nSPS) is 11.8. The SMILES string of the molecule is C/C(=N/Nc1nc2ccccc2s1)c1ccccc1Br. The van der Waals surface area contributed by atoms with Crippen LogP contribution in [-0.2, 0) is 0 Å². The van der Waals surface area contributed by atoms with Gasteiger partial charge in [-0.25, -0.2) is 4.98 Å². The molecule has 0 fully saturated rings. The van der Waals surface area contributed by atoms with Crippen molar-refractivity contribution in [3.8, 4) is 0 Å². The van der Waals surface area contributed by atoms with Gasteiger partial charge in [0.15, 0.2) is 0 Å². The molecule has 0 bridgehead atoms. The van der Waals surface area contributed by atoms with Crippen molar-refractivity contribution in [3.05, 3.63) is 58.6 Å². The van der Waals surface area contributed by atoms with Crippen LogP contribution in [0, 0.1) is 0 Å². The highest BCUT2D eigenvalue weighted by molar-refractivity contribution is 9.10. The van der Waals surface area contributed by atoms with Gasteiger partial charge in [0.1, 0.15) is 0 Å². The first-order valence-electron chi connectivity index (χ1n) is 6.15. The first-order chi connectivity index (χ1) is 9.74. The lowest BCUT2D eigenvalue weighted by Gasteiger charge is -2.03. The third-order valence-electron chi connectivity index (χ3n) is 2.88. The molecule has 0 radical (unpaired) electrons. The Morgan fingerprint density at radius 3 is 2.70 bits per heavy atom. The van der Waals surface area contributed by atoms with Gasteiger partial charge in [0.05, 0.1) is 15.9 Å². The Bertz CT molecular complexity index is 746. The standard InChI is InChI=1S/C15H12BrN3S/c1-10(11-6-2-3-7-12(11)16)18-19-15-17-13-8-4-5-9-14(13)20-15/h2-9H,1H3,(H,17,19)/b18-10-. The Hall–Kier alpha value is -1.72. The zero-order valence-electron chi connectivity index (χ0n) is 10.8. The van der Waals surface area contributed by atoms with Crippen molar-refractivity contribution in [2.75, 3.05) is 5.43 Å². The molecule has 3 rings (SSSR count). The average molecular weight is 346 g/mol. The van der Waals surface area contributed by atoms with Crippen LogP contribution < -0.4 is 5.43 Å². The molecule has 0 aliphatic rings. The van der Waals surface area contributed by atoms with Crippen LogP contribution in [0.1, 0.15) is 12.5 Å². The number of rotatable bonds is 3. The molecule has 0 amide bonds. The fourth-order valence-electron chi connectivity index (χ4n) is 1.87. The summed E-state index contributed by atoms with van der Waals surface area (Å²) in [4.78, 5) is 4.49. The van der Waals surface area contributed by atoms with Gasteiger partial charge >= 0.3 is 0 Å². The molecule has 0 unspecified atom stereocenters. The van der Waals surface area contributed by atoms with E-state index in [2.05, 4.69) is 37.5 Å². The average Bonchev–Trinajstić information content (AvgIpc) is 2.88. The summed E-state index contributed by atoms with van der Waals surface area (Å²) >= 11 is 5.13. The minimum absolute atomic E-state index is 0.803. The minimum atomic E-state index is 0.803. The highest BCUT2D eigenvalue weighted by Crippen LogP contribution is 2.25. The summed E-state index contributed by atoms with van der Waals surface area (Å²) in [6, 6.07) is 16.1. The van der Waals surface area contributed by atoms with Gasteiger partial charge in [-0.3, -0.25) is 5.43 Å². The number of fused-ring (bicyclic) bond motifs is 1. The van der Waals surface area contributed by atoms with Crippen molar-refractivity contribution in [2.24, 2.45) is 5.10 Å². The number of thiazole rings is 1. The van der Waals surface area contributed by atoms with Crippen LogP contribution in [0.4, 0.5) is 5.13 Å². The molecule has 2 aromatic carbocycles. The first-order valence-corrected chi connectivity index (χ1v) is 7.76. The topological polar surface area (TPSA) is 37.3 Å². The Morgan fingerprint density at radius 2 is 1.90 bits per heavy atom. The van der Waals surface area contributed by atoms with E-state index in [1.54, 1.807) is 11.3 Å². The Labute approximate surface area is 129 Å². The van der Waals surface area contributed by atoms with Gasteiger partial charge in [-0.2, -0.15) is 5.10 Å². The van der Waals surface area contributed by atoms with E-state index in [0.29, 0.717) is 0 Å². The predicted molar refractivity (Wildman–Crippen MR) is 89.6 cm³/mol. The second kappa shape index (κ2) is 5.73. The lowest BCUT2D eigenvalue weighted by molar-refractivity contribution is 1.29. The summed E-state index contributed by atoms with van der Waals surface area (Å²) in [6.45, 7) is 1.97. The van der Waals surface area contributed by atoms with Crippen molar-refractivity contribution >= 4 is 48.3 Å². The van der Waals surface area contributed by atoms with Crippen molar-refractivity contribution < 1.29 is 0 Å². The summed E-state index contributed by atoms with van der Waals surface area (Å²) in [5, 5.41) is 5.21. The number of benzene rings is 2. The van der Waals surface area contributed by atoms with Crippen molar-refractivity contribution in [3.63, 3.8) is 0 Å². The molecule has 0 aliphatic heterocycles. The second-order valence-electron chi connectivity index (χ2n) is 4.28. The van der Waals surface area contributed by atoms with Gasteiger partial charge in [0.2, 0.25) is 5.13 Å². The smallest absolute Gasteiger partial charge is 0.204 e. The molecule has 0 saturated carbocycles. The van der Waals surface area contributed by atoms with E-state index >= 15 is 0 Å². The molecule has 0 saturated heterocycles. The Morgan fingerprint density at radius 1 is 1.15 bits per heavy atom. The van der Waals surface area contributed by atoms with Crippen LogP contribution in [0.25, 0.3) is 10.2 Å². The number of para-hydroxylation sites is 1. The first kappa shape index (κ1) is 13.3. The molecule has 3 nitrogen and oxygen atoms in total. The van der Waals surface area contributed by atoms with Crippen molar-refractivity contribution in [2.45, 2.75) is 6.92 Å². The van der Waals surface area contributed by atoms with E-state index in [0.717, 1.165) is 31.1 Å². The molecule has 0 spiro atoms. The van der Waals surface area contributed by atoms with E-state index in [-0.39, 0.29) is 0 Å². The van der Waals surface area contributed by atoms with Gasteiger partial charge in [-0.1, -0.05) is 57.6 Å². The van der Waals surface area contributed by atoms with Gasteiger partial charge in [0.25, 0.3) is 0 Å². The fourth-order valence-corrected chi connectivity index (χ4v) is 3.25. The van der Waals surface area contributed by atoms with Gasteiger partial charge in [-0.05, 0) is 25.1 Å². The molecule has 5 heteroatoms. The predicted octanol–water partition coefficient (Wildman–Crippen LogP) is 4.89. The zero-order chi connectivity index (χ0) is 13.9. The van der Waals surface area contributed by atoms with Crippen molar-refractivity contribution in [1.29, 1.82) is 0 Å². The molecule has 1 N–H and O–H groups in total. The number of nitrogens with zero attached hydrogens (tertiary/aromatic N) is 2. The zero-order valence-corrected chi connectivity index (χ0v) is 13.2. The lowest BCUT2D eigenvalue weighted by Crippen LogP contribution is -2.00. The number of nitrogens with one attached hydrogen (secondary N) is 1. The number of aromatic nitrogens is 1. The fraction of sp³-hybridized carbons (Fsp3) is 0.0667. The van der Waals surface area contributed by atoms with Crippen molar-refractivity contribution in [1.82, 2.24) is 4.98 Å². The molecule has 20 heavy (non-hydrogen) atoms. The molecular weight excluding hydrogens is 334 g/mol. The van der Waals surface area contributed by atoms with E-state index in [1.807, 2.05) is 49.4 Å². The number of hydrogen-bond acceptors (Lipinski definition) is 4. The third kappa shape index (κ3) is 2.73. The summed E-state index contributed by atoms with van der Waals surface area (Å²) in [5.41, 5.74) is 6.01. The van der Waals surface area contributed by atoms with Crippen LogP contribution in [0.5, 0.6) is 0 Å². The minimum Gasteiger partial charge on any atom is -0.252 e. The summed E-state index contributed by atoms with van der Waals surface area (Å²) in [7, 11) is 0. The highest BCUT2D eigenvalue weighted by Gasteiger charge is 2.04. The Balaban J connectivity index is 1.84. The molecular formula is C15H12BrN3S. The van der Waals surface area contributed by atoms with E-state index < -0.39 is 0 Å².